The summed E-state index contributed by atoms with van der Waals surface area (Å²) in [5.74, 6) is 0.398. The number of fused-ring (bicyclic) bond motifs is 1. The summed E-state index contributed by atoms with van der Waals surface area (Å²) < 4.78 is 1.49. The van der Waals surface area contributed by atoms with Gasteiger partial charge >= 0.3 is 17.8 Å². The number of H-pyrrole nitrogens is 1. The lowest BCUT2D eigenvalue weighted by molar-refractivity contribution is 0.198. The quantitative estimate of drug-likeness (QED) is 0.694. The van der Waals surface area contributed by atoms with E-state index in [4.69, 9.17) is 0 Å². The Balaban J connectivity index is 0.000000178. The fourth-order valence-corrected chi connectivity index (χ4v) is 4.27. The van der Waals surface area contributed by atoms with Crippen LogP contribution in [0.3, 0.4) is 0 Å². The largest absolute Gasteiger partial charge is 0.337 e. The van der Waals surface area contributed by atoms with E-state index in [-0.39, 0.29) is 29.4 Å². The van der Waals surface area contributed by atoms with Crippen LogP contribution >= 0.6 is 0 Å². The van der Waals surface area contributed by atoms with E-state index in [0.717, 1.165) is 56.2 Å². The Morgan fingerprint density at radius 3 is 2.47 bits per heavy atom. The average molecular weight is 420 g/mol. The van der Waals surface area contributed by atoms with E-state index < -0.39 is 0 Å². The van der Waals surface area contributed by atoms with Crippen molar-refractivity contribution >= 4 is 12.1 Å². The molecular formula is C21H33N5O4. The number of urea groups is 2. The first-order valence-electron chi connectivity index (χ1n) is 11.1. The van der Waals surface area contributed by atoms with Gasteiger partial charge < -0.3 is 15.6 Å². The molecule has 0 aromatic carbocycles. The van der Waals surface area contributed by atoms with Gasteiger partial charge in [0, 0.05) is 36.9 Å². The number of carbonyl (C=O) groups excluding carboxylic acids is 2. The molecule has 1 saturated heterocycles. The molecule has 9 heteroatoms. The number of nitrogens with zero attached hydrogens (tertiary/aromatic N) is 2. The summed E-state index contributed by atoms with van der Waals surface area (Å²) in [6, 6.07) is -0.476. The molecule has 3 aliphatic rings. The first-order valence-corrected chi connectivity index (χ1v) is 11.1. The topological polar surface area (TPSA) is 116 Å². The van der Waals surface area contributed by atoms with Gasteiger partial charge in [0.25, 0.3) is 5.56 Å². The number of carbonyl (C=O) groups is 2. The molecule has 3 N–H and O–H groups in total. The maximum atomic E-state index is 12.3. The van der Waals surface area contributed by atoms with Crippen molar-refractivity contribution in [2.45, 2.75) is 71.3 Å². The normalized spacial score (nSPS) is 18.6. The number of imide groups is 1. The summed E-state index contributed by atoms with van der Waals surface area (Å²) in [7, 11) is 0. The van der Waals surface area contributed by atoms with Crippen LogP contribution in [0.5, 0.6) is 0 Å². The summed E-state index contributed by atoms with van der Waals surface area (Å²) >= 11 is 0. The zero-order valence-corrected chi connectivity index (χ0v) is 18.0. The van der Waals surface area contributed by atoms with Gasteiger partial charge in [-0.1, -0.05) is 33.1 Å². The number of aromatic amines is 1. The Hall–Kier alpha value is -2.58. The van der Waals surface area contributed by atoms with Crippen LogP contribution in [0.2, 0.25) is 0 Å². The molecule has 0 radical (unpaired) electrons. The molecule has 166 valence electrons. The highest BCUT2D eigenvalue weighted by Gasteiger charge is 2.26. The number of hydrogen-bond donors (Lipinski definition) is 3. The Morgan fingerprint density at radius 2 is 1.83 bits per heavy atom. The summed E-state index contributed by atoms with van der Waals surface area (Å²) in [6.07, 6.45) is 8.12. The molecule has 1 aliphatic heterocycles. The molecule has 1 saturated carbocycles. The third kappa shape index (κ3) is 5.12. The molecule has 0 atom stereocenters. The van der Waals surface area contributed by atoms with Crippen LogP contribution in [0.25, 0.3) is 0 Å². The minimum absolute atomic E-state index is 0.0202. The Labute approximate surface area is 176 Å². The SMILES string of the molecule is CC(C)CNC(=O)N1CCNC1=O.O=c1[nH]c2c(c(=O)n1C1CCCCC1)CCC2. The van der Waals surface area contributed by atoms with Crippen LogP contribution in [0, 0.1) is 5.92 Å². The van der Waals surface area contributed by atoms with Gasteiger partial charge in [-0.3, -0.25) is 9.36 Å². The van der Waals surface area contributed by atoms with Gasteiger partial charge in [0.05, 0.1) is 0 Å². The predicted octanol–water partition coefficient (Wildman–Crippen LogP) is 1.91. The number of hydrogen-bond acceptors (Lipinski definition) is 4. The zero-order valence-electron chi connectivity index (χ0n) is 18.0. The molecule has 0 bridgehead atoms. The lowest BCUT2D eigenvalue weighted by atomic mass is 9.95. The molecule has 0 spiro atoms. The fourth-order valence-electron chi connectivity index (χ4n) is 4.27. The van der Waals surface area contributed by atoms with Gasteiger partial charge in [0.2, 0.25) is 0 Å². The van der Waals surface area contributed by atoms with E-state index in [1.807, 2.05) is 13.8 Å². The predicted molar refractivity (Wildman–Crippen MR) is 114 cm³/mol. The lowest BCUT2D eigenvalue weighted by Gasteiger charge is -2.23. The van der Waals surface area contributed by atoms with Crippen molar-refractivity contribution in [2.75, 3.05) is 19.6 Å². The second kappa shape index (κ2) is 9.95. The molecule has 2 fully saturated rings. The summed E-state index contributed by atoms with van der Waals surface area (Å²) in [5, 5.41) is 5.24. The Morgan fingerprint density at radius 1 is 1.10 bits per heavy atom. The van der Waals surface area contributed by atoms with Crippen molar-refractivity contribution in [3.05, 3.63) is 32.1 Å². The minimum atomic E-state index is -0.304. The summed E-state index contributed by atoms with van der Waals surface area (Å²) in [6.45, 7) is 5.62. The van der Waals surface area contributed by atoms with E-state index in [9.17, 15) is 19.2 Å². The second-order valence-corrected chi connectivity index (χ2v) is 8.67. The first kappa shape index (κ1) is 22.1. The van der Waals surface area contributed by atoms with E-state index in [2.05, 4.69) is 15.6 Å². The van der Waals surface area contributed by atoms with Crippen molar-refractivity contribution in [3.8, 4) is 0 Å². The van der Waals surface area contributed by atoms with E-state index in [0.29, 0.717) is 25.6 Å². The number of aromatic nitrogens is 2. The molecule has 1 aromatic rings. The molecule has 1 aromatic heterocycles. The van der Waals surface area contributed by atoms with Gasteiger partial charge in [-0.2, -0.15) is 0 Å². The third-order valence-corrected chi connectivity index (χ3v) is 5.87. The third-order valence-electron chi connectivity index (χ3n) is 5.87. The van der Waals surface area contributed by atoms with Crippen LogP contribution < -0.4 is 21.9 Å². The number of aryl methyl sites for hydroxylation is 1. The number of rotatable bonds is 3. The summed E-state index contributed by atoms with van der Waals surface area (Å²) in [4.78, 5) is 50.7. The van der Waals surface area contributed by atoms with E-state index >= 15 is 0 Å². The van der Waals surface area contributed by atoms with Crippen molar-refractivity contribution < 1.29 is 9.59 Å². The monoisotopic (exact) mass is 419 g/mol. The van der Waals surface area contributed by atoms with Crippen LogP contribution in [0.1, 0.15) is 69.7 Å². The fraction of sp³-hybridized carbons (Fsp3) is 0.714. The Kier molecular flexibility index (Phi) is 7.33. The van der Waals surface area contributed by atoms with Crippen molar-refractivity contribution in [1.82, 2.24) is 25.1 Å². The standard InChI is InChI=1S/C13H18N2O2.C8H15N3O2/c16-12-10-7-4-8-11(10)14-13(17)15(12)9-5-2-1-3-6-9;1-6(2)5-10-8(13)11-4-3-9-7(11)12/h9H,1-8H2,(H,14,17);6H,3-5H2,1-2H3,(H,9,12)(H,10,13). The summed E-state index contributed by atoms with van der Waals surface area (Å²) in [5.41, 5.74) is 1.53. The second-order valence-electron chi connectivity index (χ2n) is 8.67. The van der Waals surface area contributed by atoms with E-state index in [1.165, 1.54) is 15.9 Å². The molecule has 4 amide bonds. The highest BCUT2D eigenvalue weighted by atomic mass is 16.2. The minimum Gasteiger partial charge on any atom is -0.337 e. The van der Waals surface area contributed by atoms with Crippen molar-refractivity contribution in [1.29, 1.82) is 0 Å². The van der Waals surface area contributed by atoms with Crippen LogP contribution in [-0.4, -0.2) is 46.1 Å². The maximum Gasteiger partial charge on any atom is 0.328 e. The highest BCUT2D eigenvalue weighted by molar-refractivity contribution is 5.94. The average Bonchev–Trinajstić information content (AvgIpc) is 3.36. The van der Waals surface area contributed by atoms with Crippen LogP contribution in [-0.2, 0) is 12.8 Å². The van der Waals surface area contributed by atoms with Gasteiger partial charge in [-0.05, 0) is 38.0 Å². The van der Waals surface area contributed by atoms with Crippen molar-refractivity contribution in [2.24, 2.45) is 5.92 Å². The molecule has 0 unspecified atom stereocenters. The zero-order chi connectivity index (χ0) is 21.7. The highest BCUT2D eigenvalue weighted by Crippen LogP contribution is 2.26. The van der Waals surface area contributed by atoms with Gasteiger partial charge in [0.15, 0.2) is 0 Å². The molecule has 30 heavy (non-hydrogen) atoms. The first-order chi connectivity index (χ1) is 14.4. The van der Waals surface area contributed by atoms with Crippen molar-refractivity contribution in [3.63, 3.8) is 0 Å². The molecular weight excluding hydrogens is 386 g/mol. The number of nitrogens with one attached hydrogen (secondary N) is 3. The van der Waals surface area contributed by atoms with Crippen LogP contribution in [0.15, 0.2) is 9.59 Å². The lowest BCUT2D eigenvalue weighted by Crippen LogP contribution is -2.43. The smallest absolute Gasteiger partial charge is 0.328 e. The van der Waals surface area contributed by atoms with Crippen LogP contribution in [0.4, 0.5) is 9.59 Å². The molecule has 2 heterocycles. The molecule has 9 nitrogen and oxygen atoms in total. The van der Waals surface area contributed by atoms with Gasteiger partial charge in [0.1, 0.15) is 0 Å². The van der Waals surface area contributed by atoms with E-state index in [1.54, 1.807) is 0 Å². The van der Waals surface area contributed by atoms with Gasteiger partial charge in [-0.25, -0.2) is 19.3 Å². The molecule has 2 aliphatic carbocycles. The van der Waals surface area contributed by atoms with Gasteiger partial charge in [-0.15, -0.1) is 0 Å². The molecule has 4 rings (SSSR count). The number of amides is 4. The maximum absolute atomic E-state index is 12.3. The Bertz CT molecular complexity index is 882.